The average Bonchev–Trinajstić information content (AvgIpc) is 3.61. The number of nitrogens with zero attached hydrogens (tertiary/aromatic N) is 1. The van der Waals surface area contributed by atoms with Crippen LogP contribution in [-0.2, 0) is 9.59 Å². The third-order valence-electron chi connectivity index (χ3n) is 5.45. The molecule has 7 heteroatoms. The Morgan fingerprint density at radius 1 is 0.935 bits per heavy atom. The molecule has 3 amide bonds. The van der Waals surface area contributed by atoms with Crippen LogP contribution in [0.25, 0.3) is 0 Å². The molecule has 0 saturated heterocycles. The van der Waals surface area contributed by atoms with Crippen LogP contribution >= 0.6 is 0 Å². The minimum absolute atomic E-state index is 0.0197. The molecule has 0 heterocycles. The van der Waals surface area contributed by atoms with Gasteiger partial charge in [-0.2, -0.15) is 0 Å². The van der Waals surface area contributed by atoms with Gasteiger partial charge in [-0.15, -0.1) is 0 Å². The summed E-state index contributed by atoms with van der Waals surface area (Å²) in [5, 5.41) is 8.92. The molecule has 0 aliphatic heterocycles. The third kappa shape index (κ3) is 5.84. The van der Waals surface area contributed by atoms with Crippen molar-refractivity contribution < 1.29 is 14.4 Å². The molecule has 2 aromatic rings. The summed E-state index contributed by atoms with van der Waals surface area (Å²) < 4.78 is 0. The summed E-state index contributed by atoms with van der Waals surface area (Å²) in [6, 6.07) is 12.5. The molecule has 1 fully saturated rings. The molecule has 3 rings (SSSR count). The number of carbonyl (C=O) groups is 3. The zero-order valence-electron chi connectivity index (χ0n) is 18.3. The first-order chi connectivity index (χ1) is 14.9. The van der Waals surface area contributed by atoms with E-state index < -0.39 is 0 Å². The van der Waals surface area contributed by atoms with E-state index in [0.29, 0.717) is 24.3 Å². The maximum atomic E-state index is 12.4. The lowest BCUT2D eigenvalue weighted by Crippen LogP contribution is -2.30. The zero-order valence-corrected chi connectivity index (χ0v) is 18.3. The molecule has 0 spiro atoms. The predicted octanol–water partition coefficient (Wildman–Crippen LogP) is 3.88. The van der Waals surface area contributed by atoms with Crippen molar-refractivity contribution >= 4 is 34.8 Å². The average molecular weight is 423 g/mol. The number of amides is 3. The highest BCUT2D eigenvalue weighted by molar-refractivity contribution is 5.97. The molecule has 1 saturated carbocycles. The standard InChI is InChI=1S/C24H30N4O3/c1-4-28(5-2)24(31)18-11-13-19(14-12-18)26-22(29)15-25-20-7-6-8-21(16(20)3)27-23(30)17-9-10-17/h6-8,11-14,17,25H,4-5,9-10,15H2,1-3H3,(H,26,29)(H,27,30). The summed E-state index contributed by atoms with van der Waals surface area (Å²) in [5.74, 6) is -0.0280. The first-order valence-electron chi connectivity index (χ1n) is 10.8. The van der Waals surface area contributed by atoms with Crippen LogP contribution in [0.3, 0.4) is 0 Å². The Morgan fingerprint density at radius 2 is 1.58 bits per heavy atom. The van der Waals surface area contributed by atoms with E-state index in [2.05, 4.69) is 16.0 Å². The third-order valence-corrected chi connectivity index (χ3v) is 5.45. The molecule has 1 aliphatic rings. The van der Waals surface area contributed by atoms with Crippen molar-refractivity contribution in [2.45, 2.75) is 33.6 Å². The monoisotopic (exact) mass is 422 g/mol. The Labute approximate surface area is 183 Å². The van der Waals surface area contributed by atoms with Crippen molar-refractivity contribution in [3.05, 3.63) is 53.6 Å². The molecule has 0 bridgehead atoms. The Hall–Kier alpha value is -3.35. The van der Waals surface area contributed by atoms with Gasteiger partial charge >= 0.3 is 0 Å². The lowest BCUT2D eigenvalue weighted by Gasteiger charge is -2.18. The van der Waals surface area contributed by atoms with E-state index in [0.717, 1.165) is 29.8 Å². The van der Waals surface area contributed by atoms with Crippen molar-refractivity contribution in [3.8, 4) is 0 Å². The topological polar surface area (TPSA) is 90.5 Å². The van der Waals surface area contributed by atoms with E-state index in [4.69, 9.17) is 0 Å². The van der Waals surface area contributed by atoms with Crippen LogP contribution in [-0.4, -0.2) is 42.3 Å². The number of carbonyl (C=O) groups excluding carboxylic acids is 3. The van der Waals surface area contributed by atoms with Gasteiger partial charge in [0.2, 0.25) is 11.8 Å². The maximum Gasteiger partial charge on any atom is 0.253 e. The first-order valence-corrected chi connectivity index (χ1v) is 10.8. The number of benzene rings is 2. The molecular formula is C24H30N4O3. The molecular weight excluding hydrogens is 392 g/mol. The smallest absolute Gasteiger partial charge is 0.253 e. The van der Waals surface area contributed by atoms with Gasteiger partial charge in [0.05, 0.1) is 6.54 Å². The van der Waals surface area contributed by atoms with Gasteiger partial charge in [0.15, 0.2) is 0 Å². The minimum Gasteiger partial charge on any atom is -0.376 e. The number of rotatable bonds is 9. The molecule has 3 N–H and O–H groups in total. The molecule has 0 aromatic heterocycles. The number of anilines is 3. The quantitative estimate of drug-likeness (QED) is 0.572. The predicted molar refractivity (Wildman–Crippen MR) is 123 cm³/mol. The van der Waals surface area contributed by atoms with Gasteiger partial charge in [0.1, 0.15) is 0 Å². The summed E-state index contributed by atoms with van der Waals surface area (Å²) >= 11 is 0. The SMILES string of the molecule is CCN(CC)C(=O)c1ccc(NC(=O)CNc2cccc(NC(=O)C3CC3)c2C)cc1. The van der Waals surface area contributed by atoms with E-state index >= 15 is 0 Å². The van der Waals surface area contributed by atoms with Gasteiger partial charge in [-0.25, -0.2) is 0 Å². The van der Waals surface area contributed by atoms with E-state index in [1.165, 1.54) is 0 Å². The van der Waals surface area contributed by atoms with Gasteiger partial charge < -0.3 is 20.9 Å². The minimum atomic E-state index is -0.199. The molecule has 1 aliphatic carbocycles. The highest BCUT2D eigenvalue weighted by atomic mass is 16.2. The van der Waals surface area contributed by atoms with Crippen molar-refractivity contribution in [3.63, 3.8) is 0 Å². The molecule has 2 aromatic carbocycles. The molecule has 0 radical (unpaired) electrons. The van der Waals surface area contributed by atoms with Crippen LogP contribution in [0.1, 0.15) is 42.6 Å². The van der Waals surface area contributed by atoms with E-state index in [1.54, 1.807) is 29.2 Å². The van der Waals surface area contributed by atoms with Crippen molar-refractivity contribution in [1.29, 1.82) is 0 Å². The van der Waals surface area contributed by atoms with Gasteiger partial charge in [-0.1, -0.05) is 6.07 Å². The van der Waals surface area contributed by atoms with Crippen LogP contribution in [0, 0.1) is 12.8 Å². The highest BCUT2D eigenvalue weighted by Crippen LogP contribution is 2.31. The highest BCUT2D eigenvalue weighted by Gasteiger charge is 2.29. The Kier molecular flexibility index (Phi) is 7.28. The fraction of sp³-hybridized carbons (Fsp3) is 0.375. The second kappa shape index (κ2) is 10.1. The Morgan fingerprint density at radius 3 is 2.19 bits per heavy atom. The molecule has 31 heavy (non-hydrogen) atoms. The van der Waals surface area contributed by atoms with Gasteiger partial charge in [-0.3, -0.25) is 14.4 Å². The van der Waals surface area contributed by atoms with E-state index in [-0.39, 0.29) is 30.2 Å². The normalized spacial score (nSPS) is 12.7. The second-order valence-corrected chi connectivity index (χ2v) is 7.70. The van der Waals surface area contributed by atoms with Crippen LogP contribution < -0.4 is 16.0 Å². The van der Waals surface area contributed by atoms with Crippen LogP contribution in [0.2, 0.25) is 0 Å². The second-order valence-electron chi connectivity index (χ2n) is 7.70. The first kappa shape index (κ1) is 22.3. The number of hydrogen-bond acceptors (Lipinski definition) is 4. The van der Waals surface area contributed by atoms with E-state index in [1.807, 2.05) is 39.0 Å². The molecule has 0 unspecified atom stereocenters. The van der Waals surface area contributed by atoms with Crippen molar-refractivity contribution in [1.82, 2.24) is 4.90 Å². The number of nitrogens with one attached hydrogen (secondary N) is 3. The van der Waals surface area contributed by atoms with Gasteiger partial charge in [0, 0.05) is 41.6 Å². The fourth-order valence-electron chi connectivity index (χ4n) is 3.31. The van der Waals surface area contributed by atoms with E-state index in [9.17, 15) is 14.4 Å². The molecule has 0 atom stereocenters. The maximum absolute atomic E-state index is 12.4. The van der Waals surface area contributed by atoms with Crippen molar-refractivity contribution in [2.75, 3.05) is 35.6 Å². The Bertz CT molecular complexity index is 948. The number of hydrogen-bond donors (Lipinski definition) is 3. The van der Waals surface area contributed by atoms with Gasteiger partial charge in [-0.05, 0) is 75.6 Å². The summed E-state index contributed by atoms with van der Waals surface area (Å²) in [6.07, 6.45) is 1.90. The van der Waals surface area contributed by atoms with Gasteiger partial charge in [0.25, 0.3) is 5.91 Å². The summed E-state index contributed by atoms with van der Waals surface area (Å²) in [7, 11) is 0. The van der Waals surface area contributed by atoms with Crippen molar-refractivity contribution in [2.24, 2.45) is 5.92 Å². The summed E-state index contributed by atoms with van der Waals surface area (Å²) in [5.41, 5.74) is 3.67. The summed E-state index contributed by atoms with van der Waals surface area (Å²) in [6.45, 7) is 7.20. The summed E-state index contributed by atoms with van der Waals surface area (Å²) in [4.78, 5) is 38.5. The fourth-order valence-corrected chi connectivity index (χ4v) is 3.31. The Balaban J connectivity index is 1.54. The zero-order chi connectivity index (χ0) is 22.4. The van der Waals surface area contributed by atoms with Crippen LogP contribution in [0.4, 0.5) is 17.1 Å². The van der Waals surface area contributed by atoms with Crippen LogP contribution in [0.15, 0.2) is 42.5 Å². The van der Waals surface area contributed by atoms with Crippen LogP contribution in [0.5, 0.6) is 0 Å². The molecule has 7 nitrogen and oxygen atoms in total. The molecule has 164 valence electrons. The lowest BCUT2D eigenvalue weighted by atomic mass is 10.1. The largest absolute Gasteiger partial charge is 0.376 e. The lowest BCUT2D eigenvalue weighted by molar-refractivity contribution is -0.117.